The molecule has 1 amide bonds. The van der Waals surface area contributed by atoms with Crippen LogP contribution < -0.4 is 10.1 Å². The molecule has 1 aliphatic rings. The molecule has 1 heterocycles. The molecule has 13 heteroatoms. The number of hydrogen-bond donors (Lipinski definition) is 1. The van der Waals surface area contributed by atoms with Crippen LogP contribution in [0, 0.1) is 0 Å². The molecular formula is C24H29NO12. The van der Waals surface area contributed by atoms with Gasteiger partial charge in [0.1, 0.15) is 24.5 Å². The number of benzene rings is 1. The maximum Gasteiger partial charge on any atom is 0.308 e. The van der Waals surface area contributed by atoms with E-state index in [1.165, 1.54) is 13.0 Å². The van der Waals surface area contributed by atoms with Crippen molar-refractivity contribution in [3.05, 3.63) is 29.8 Å². The van der Waals surface area contributed by atoms with Gasteiger partial charge in [-0.15, -0.1) is 0 Å². The van der Waals surface area contributed by atoms with Gasteiger partial charge in [-0.05, 0) is 6.07 Å². The number of ether oxygens (including phenoxy) is 6. The van der Waals surface area contributed by atoms with E-state index in [1.807, 2.05) is 0 Å². The van der Waals surface area contributed by atoms with Gasteiger partial charge in [-0.25, -0.2) is 0 Å². The molecular weight excluding hydrogens is 494 g/mol. The SMILES string of the molecule is CC(=O)OC[C@@H]1O[C@H](OC(C)=O)[C@H](NC(=O)Cc2ccccc2OC(C)=O)[C@H](OC(C)=O)[C@H]1OC(C)=O. The summed E-state index contributed by atoms with van der Waals surface area (Å²) in [6, 6.07) is 5.00. The van der Waals surface area contributed by atoms with Crippen LogP contribution >= 0.6 is 0 Å². The number of carbonyl (C=O) groups excluding carboxylic acids is 6. The molecule has 2 rings (SSSR count). The number of amides is 1. The van der Waals surface area contributed by atoms with E-state index in [1.54, 1.807) is 18.2 Å². The van der Waals surface area contributed by atoms with E-state index in [4.69, 9.17) is 28.4 Å². The van der Waals surface area contributed by atoms with Crippen LogP contribution in [-0.4, -0.2) is 73.0 Å². The second-order valence-corrected chi connectivity index (χ2v) is 8.07. The summed E-state index contributed by atoms with van der Waals surface area (Å²) in [6.45, 7) is 5.22. The molecule has 0 spiro atoms. The Morgan fingerprint density at radius 3 is 1.95 bits per heavy atom. The largest absolute Gasteiger partial charge is 0.463 e. The summed E-state index contributed by atoms with van der Waals surface area (Å²) in [5.41, 5.74) is 0.365. The van der Waals surface area contributed by atoms with E-state index in [9.17, 15) is 28.8 Å². The van der Waals surface area contributed by atoms with Crippen molar-refractivity contribution < 1.29 is 57.2 Å². The highest BCUT2D eigenvalue weighted by atomic mass is 16.7. The monoisotopic (exact) mass is 523 g/mol. The molecule has 1 aromatic rings. The van der Waals surface area contributed by atoms with Crippen LogP contribution in [0.4, 0.5) is 0 Å². The Kier molecular flexibility index (Phi) is 10.5. The molecule has 1 fully saturated rings. The van der Waals surface area contributed by atoms with E-state index < -0.39 is 73.0 Å². The normalized spacial score (nSPS) is 22.7. The molecule has 202 valence electrons. The predicted molar refractivity (Wildman–Crippen MR) is 122 cm³/mol. The van der Waals surface area contributed by atoms with Crippen molar-refractivity contribution in [3.8, 4) is 5.75 Å². The maximum absolute atomic E-state index is 13.0. The number of carbonyl (C=O) groups is 6. The van der Waals surface area contributed by atoms with Crippen LogP contribution in [0.1, 0.15) is 40.2 Å². The lowest BCUT2D eigenvalue weighted by atomic mass is 9.95. The fraction of sp³-hybridized carbons (Fsp3) is 0.500. The fourth-order valence-corrected chi connectivity index (χ4v) is 3.63. The highest BCUT2D eigenvalue weighted by Gasteiger charge is 2.52. The third kappa shape index (κ3) is 9.18. The summed E-state index contributed by atoms with van der Waals surface area (Å²) in [4.78, 5) is 71.4. The van der Waals surface area contributed by atoms with Crippen molar-refractivity contribution in [2.45, 2.75) is 71.7 Å². The lowest BCUT2D eigenvalue weighted by Crippen LogP contribution is -2.67. The predicted octanol–water partition coefficient (Wildman–Crippen LogP) is 0.354. The van der Waals surface area contributed by atoms with E-state index in [0.29, 0.717) is 5.56 Å². The first-order chi connectivity index (χ1) is 17.4. The van der Waals surface area contributed by atoms with Crippen molar-refractivity contribution in [2.24, 2.45) is 0 Å². The number of esters is 5. The molecule has 5 atom stereocenters. The smallest absolute Gasteiger partial charge is 0.308 e. The standard InChI is InChI=1S/C24H29NO12/c1-12(26)32-11-19-22(34-14(3)28)23(35-15(4)29)21(24(37-19)36-16(5)30)25-20(31)10-17-8-6-7-9-18(17)33-13(2)27/h6-9,19,21-24H,10-11H2,1-5H3,(H,25,31)/t19-,21+,22-,23-,24-/m0/s1. The maximum atomic E-state index is 13.0. The second kappa shape index (κ2) is 13.3. The third-order valence-corrected chi connectivity index (χ3v) is 4.89. The van der Waals surface area contributed by atoms with Gasteiger partial charge in [0.25, 0.3) is 0 Å². The van der Waals surface area contributed by atoms with E-state index in [0.717, 1.165) is 27.7 Å². The Hall–Kier alpha value is -4.00. The van der Waals surface area contributed by atoms with Crippen molar-refractivity contribution >= 4 is 35.8 Å². The van der Waals surface area contributed by atoms with E-state index in [2.05, 4.69) is 5.32 Å². The number of hydrogen-bond acceptors (Lipinski definition) is 12. The topological polar surface area (TPSA) is 170 Å². The zero-order valence-corrected chi connectivity index (χ0v) is 21.0. The molecule has 1 N–H and O–H groups in total. The summed E-state index contributed by atoms with van der Waals surface area (Å²) in [5.74, 6) is -4.09. The Labute approximate surface area is 212 Å². The Balaban J connectivity index is 2.40. The first kappa shape index (κ1) is 29.2. The van der Waals surface area contributed by atoms with Crippen LogP contribution in [0.15, 0.2) is 24.3 Å². The molecule has 0 aliphatic carbocycles. The average Bonchev–Trinajstić information content (AvgIpc) is 2.76. The van der Waals surface area contributed by atoms with Crippen LogP contribution in [0.2, 0.25) is 0 Å². The molecule has 13 nitrogen and oxygen atoms in total. The zero-order chi connectivity index (χ0) is 27.7. The summed E-state index contributed by atoms with van der Waals surface area (Å²) in [6.07, 6.45) is -5.74. The first-order valence-electron chi connectivity index (χ1n) is 11.2. The fourth-order valence-electron chi connectivity index (χ4n) is 3.63. The van der Waals surface area contributed by atoms with Gasteiger partial charge in [0.15, 0.2) is 12.2 Å². The molecule has 1 aliphatic heterocycles. The van der Waals surface area contributed by atoms with Crippen LogP contribution in [0.5, 0.6) is 5.75 Å². The highest BCUT2D eigenvalue weighted by molar-refractivity contribution is 5.80. The van der Waals surface area contributed by atoms with E-state index >= 15 is 0 Å². The van der Waals surface area contributed by atoms with Crippen molar-refractivity contribution in [3.63, 3.8) is 0 Å². The molecule has 0 saturated carbocycles. The second-order valence-electron chi connectivity index (χ2n) is 8.07. The van der Waals surface area contributed by atoms with E-state index in [-0.39, 0.29) is 12.2 Å². The first-order valence-corrected chi connectivity index (χ1v) is 11.2. The minimum atomic E-state index is -1.51. The Morgan fingerprint density at radius 1 is 0.784 bits per heavy atom. The van der Waals surface area contributed by atoms with Crippen molar-refractivity contribution in [1.82, 2.24) is 5.32 Å². The van der Waals surface area contributed by atoms with Crippen LogP contribution in [0.3, 0.4) is 0 Å². The van der Waals surface area contributed by atoms with Crippen LogP contribution in [0.25, 0.3) is 0 Å². The molecule has 37 heavy (non-hydrogen) atoms. The molecule has 0 unspecified atom stereocenters. The molecule has 1 aromatic carbocycles. The minimum Gasteiger partial charge on any atom is -0.463 e. The Bertz CT molecular complexity index is 1040. The van der Waals surface area contributed by atoms with Gasteiger partial charge >= 0.3 is 29.8 Å². The summed E-state index contributed by atoms with van der Waals surface area (Å²) in [7, 11) is 0. The number of rotatable bonds is 9. The quantitative estimate of drug-likeness (QED) is 0.268. The Morgan fingerprint density at radius 2 is 1.38 bits per heavy atom. The number of para-hydroxylation sites is 1. The number of nitrogens with one attached hydrogen (secondary N) is 1. The highest BCUT2D eigenvalue weighted by Crippen LogP contribution is 2.28. The van der Waals surface area contributed by atoms with Gasteiger partial charge in [-0.3, -0.25) is 28.8 Å². The van der Waals surface area contributed by atoms with Gasteiger partial charge < -0.3 is 33.7 Å². The lowest BCUT2D eigenvalue weighted by Gasteiger charge is -2.44. The minimum absolute atomic E-state index is 0.164. The van der Waals surface area contributed by atoms with Gasteiger partial charge in [0, 0.05) is 40.2 Å². The van der Waals surface area contributed by atoms with Gasteiger partial charge in [0.05, 0.1) is 6.42 Å². The third-order valence-electron chi connectivity index (χ3n) is 4.89. The summed E-state index contributed by atoms with van der Waals surface area (Å²) >= 11 is 0. The average molecular weight is 523 g/mol. The summed E-state index contributed by atoms with van der Waals surface area (Å²) < 4.78 is 31.8. The summed E-state index contributed by atoms with van der Waals surface area (Å²) in [5, 5.41) is 2.59. The molecule has 0 radical (unpaired) electrons. The van der Waals surface area contributed by atoms with Gasteiger partial charge in [-0.2, -0.15) is 0 Å². The van der Waals surface area contributed by atoms with Crippen molar-refractivity contribution in [1.29, 1.82) is 0 Å². The van der Waals surface area contributed by atoms with Gasteiger partial charge in [-0.1, -0.05) is 18.2 Å². The molecule has 0 aromatic heterocycles. The zero-order valence-electron chi connectivity index (χ0n) is 21.0. The van der Waals surface area contributed by atoms with Gasteiger partial charge in [0.2, 0.25) is 12.2 Å². The molecule has 0 bridgehead atoms. The molecule has 1 saturated heterocycles. The lowest BCUT2D eigenvalue weighted by molar-refractivity contribution is -0.271. The van der Waals surface area contributed by atoms with Crippen molar-refractivity contribution in [2.75, 3.05) is 6.61 Å². The van der Waals surface area contributed by atoms with Crippen LogP contribution in [-0.2, 0) is 58.9 Å².